The minimum absolute atomic E-state index is 0. The molecule has 0 amide bonds. The van der Waals surface area contributed by atoms with Crippen molar-refractivity contribution in [3.8, 4) is 0 Å². The summed E-state index contributed by atoms with van der Waals surface area (Å²) in [7, 11) is 0. The van der Waals surface area contributed by atoms with Gasteiger partial charge in [0, 0.05) is 24.4 Å². The molecule has 1 heterocycles. The second-order valence-corrected chi connectivity index (χ2v) is 6.38. The molecule has 0 aliphatic carbocycles. The summed E-state index contributed by atoms with van der Waals surface area (Å²) >= 11 is 1.78. The number of nitrogens with zero attached hydrogens (tertiary/aromatic N) is 2. The molecule has 0 fully saturated rings. The van der Waals surface area contributed by atoms with Crippen LogP contribution in [0.15, 0.2) is 4.99 Å². The molecule has 0 saturated heterocycles. The molecule has 0 aromatic carbocycles. The number of hydrogen-bond acceptors (Lipinski definition) is 3. The third-order valence-electron chi connectivity index (χ3n) is 2.91. The molecule has 3 N–H and O–H groups in total. The summed E-state index contributed by atoms with van der Waals surface area (Å²) in [5.41, 5.74) is 7.03. The van der Waals surface area contributed by atoms with Crippen LogP contribution in [0.3, 0.4) is 0 Å². The maximum atomic E-state index is 5.81. The predicted molar refractivity (Wildman–Crippen MR) is 99.3 cm³/mol. The minimum atomic E-state index is 0. The lowest BCUT2D eigenvalue weighted by Gasteiger charge is -2.05. The van der Waals surface area contributed by atoms with Crippen LogP contribution in [-0.4, -0.2) is 24.0 Å². The molecule has 0 aliphatic heterocycles. The molecule has 0 unspecified atom stereocenters. The Morgan fingerprint density at radius 3 is 2.70 bits per heavy atom. The number of rotatable bonds is 7. The first kappa shape index (κ1) is 19.6. The number of aromatic nitrogens is 1. The highest BCUT2D eigenvalue weighted by Crippen LogP contribution is 2.17. The third-order valence-corrected chi connectivity index (χ3v) is 3.98. The number of nitrogens with one attached hydrogen (secondary N) is 1. The number of hydrogen-bond donors (Lipinski definition) is 2. The van der Waals surface area contributed by atoms with Gasteiger partial charge in [-0.2, -0.15) is 0 Å². The van der Waals surface area contributed by atoms with E-state index < -0.39 is 0 Å². The molecule has 0 atom stereocenters. The van der Waals surface area contributed by atoms with E-state index in [1.54, 1.807) is 11.3 Å². The lowest BCUT2D eigenvalue weighted by atomic mass is 10.1. The number of thiazole rings is 1. The van der Waals surface area contributed by atoms with Crippen LogP contribution < -0.4 is 11.1 Å². The van der Waals surface area contributed by atoms with Gasteiger partial charge in [0.05, 0.1) is 10.7 Å². The summed E-state index contributed by atoms with van der Waals surface area (Å²) in [6, 6.07) is 0. The zero-order valence-electron chi connectivity index (χ0n) is 12.9. The molecular formula is C14H27IN4S. The highest BCUT2D eigenvalue weighted by atomic mass is 127. The van der Waals surface area contributed by atoms with E-state index in [-0.39, 0.29) is 24.0 Å². The Kier molecular flexibility index (Phi) is 10.2. The molecule has 0 saturated carbocycles. The van der Waals surface area contributed by atoms with Crippen LogP contribution in [0.1, 0.15) is 42.8 Å². The van der Waals surface area contributed by atoms with Crippen molar-refractivity contribution in [3.63, 3.8) is 0 Å². The molecule has 0 bridgehead atoms. The quantitative estimate of drug-likeness (QED) is 0.413. The molecule has 1 rings (SSSR count). The first-order valence-electron chi connectivity index (χ1n) is 7.01. The number of aryl methyl sites for hydroxylation is 2. The van der Waals surface area contributed by atoms with Gasteiger partial charge in [-0.15, -0.1) is 35.3 Å². The van der Waals surface area contributed by atoms with Crippen LogP contribution in [0, 0.1) is 12.8 Å². The van der Waals surface area contributed by atoms with E-state index in [0.717, 1.165) is 32.4 Å². The summed E-state index contributed by atoms with van der Waals surface area (Å²) in [6.45, 7) is 10.3. The molecular weight excluding hydrogens is 383 g/mol. The molecule has 6 heteroatoms. The Hall–Kier alpha value is -0.370. The van der Waals surface area contributed by atoms with Crippen molar-refractivity contribution in [3.05, 3.63) is 15.6 Å². The average molecular weight is 410 g/mol. The Labute approximate surface area is 143 Å². The van der Waals surface area contributed by atoms with E-state index >= 15 is 0 Å². The van der Waals surface area contributed by atoms with Crippen molar-refractivity contribution in [2.75, 3.05) is 13.1 Å². The van der Waals surface area contributed by atoms with Gasteiger partial charge in [-0.25, -0.2) is 4.98 Å². The summed E-state index contributed by atoms with van der Waals surface area (Å²) in [5, 5.41) is 4.32. The first-order valence-corrected chi connectivity index (χ1v) is 7.83. The fraction of sp³-hybridized carbons (Fsp3) is 0.714. The lowest BCUT2D eigenvalue weighted by Crippen LogP contribution is -2.33. The van der Waals surface area contributed by atoms with Gasteiger partial charge in [0.25, 0.3) is 0 Å². The van der Waals surface area contributed by atoms with E-state index in [0.29, 0.717) is 11.9 Å². The van der Waals surface area contributed by atoms with Crippen molar-refractivity contribution in [2.24, 2.45) is 16.6 Å². The van der Waals surface area contributed by atoms with Crippen LogP contribution in [0.2, 0.25) is 0 Å². The fourth-order valence-corrected chi connectivity index (χ4v) is 2.74. The molecule has 116 valence electrons. The molecule has 0 spiro atoms. The van der Waals surface area contributed by atoms with E-state index in [1.807, 2.05) is 0 Å². The normalized spacial score (nSPS) is 11.6. The molecule has 1 aromatic rings. The van der Waals surface area contributed by atoms with Crippen LogP contribution in [0.4, 0.5) is 0 Å². The molecule has 0 aliphatic rings. The highest BCUT2D eigenvalue weighted by Gasteiger charge is 2.05. The smallest absolute Gasteiger partial charge is 0.188 e. The number of aliphatic imine (C=N–C) groups is 1. The summed E-state index contributed by atoms with van der Waals surface area (Å²) in [6.07, 6.45) is 2.99. The monoisotopic (exact) mass is 410 g/mol. The van der Waals surface area contributed by atoms with Gasteiger partial charge in [0.1, 0.15) is 0 Å². The summed E-state index contributed by atoms with van der Waals surface area (Å²) in [5.74, 6) is 1.21. The van der Waals surface area contributed by atoms with E-state index in [4.69, 9.17) is 5.73 Å². The molecule has 4 nitrogen and oxygen atoms in total. The number of halogens is 1. The fourth-order valence-electron chi connectivity index (χ4n) is 1.72. The van der Waals surface area contributed by atoms with Crippen molar-refractivity contribution in [1.82, 2.24) is 10.3 Å². The van der Waals surface area contributed by atoms with Crippen LogP contribution in [-0.2, 0) is 12.8 Å². The van der Waals surface area contributed by atoms with Gasteiger partial charge in [0.15, 0.2) is 5.96 Å². The Bertz CT molecular complexity index is 415. The summed E-state index contributed by atoms with van der Waals surface area (Å²) in [4.78, 5) is 10.2. The highest BCUT2D eigenvalue weighted by molar-refractivity contribution is 14.0. The standard InChI is InChI=1S/C14H26N4S.HI/c1-5-12-11(4)19-13(18-12)7-9-17-14(15)16-8-6-10(2)3;/h10H,5-9H2,1-4H3,(H3,15,16,17);1H. The van der Waals surface area contributed by atoms with E-state index in [9.17, 15) is 0 Å². The maximum absolute atomic E-state index is 5.81. The largest absolute Gasteiger partial charge is 0.370 e. The average Bonchev–Trinajstić information content (AvgIpc) is 2.69. The van der Waals surface area contributed by atoms with Gasteiger partial charge < -0.3 is 11.1 Å². The second kappa shape index (κ2) is 10.4. The second-order valence-electron chi connectivity index (χ2n) is 5.09. The van der Waals surface area contributed by atoms with Gasteiger partial charge >= 0.3 is 0 Å². The number of nitrogens with two attached hydrogens (primary N) is 1. The van der Waals surface area contributed by atoms with Gasteiger partial charge in [-0.3, -0.25) is 4.99 Å². The SMILES string of the molecule is CCc1nc(CCNC(N)=NCCC(C)C)sc1C.I. The van der Waals surface area contributed by atoms with E-state index in [2.05, 4.69) is 43.0 Å². The molecule has 20 heavy (non-hydrogen) atoms. The van der Waals surface area contributed by atoms with Crippen molar-refractivity contribution >= 4 is 41.3 Å². The predicted octanol–water partition coefficient (Wildman–Crippen LogP) is 3.12. The van der Waals surface area contributed by atoms with Crippen molar-refractivity contribution in [2.45, 2.75) is 47.0 Å². The lowest BCUT2D eigenvalue weighted by molar-refractivity contribution is 0.595. The van der Waals surface area contributed by atoms with E-state index in [1.165, 1.54) is 15.6 Å². The first-order chi connectivity index (χ1) is 9.02. The maximum Gasteiger partial charge on any atom is 0.188 e. The Morgan fingerprint density at radius 2 is 2.15 bits per heavy atom. The van der Waals surface area contributed by atoms with Gasteiger partial charge in [-0.05, 0) is 25.7 Å². The Balaban J connectivity index is 0.00000361. The van der Waals surface area contributed by atoms with Crippen molar-refractivity contribution in [1.29, 1.82) is 0 Å². The molecule has 0 radical (unpaired) electrons. The van der Waals surface area contributed by atoms with Crippen LogP contribution in [0.25, 0.3) is 0 Å². The zero-order chi connectivity index (χ0) is 14.3. The van der Waals surface area contributed by atoms with Gasteiger partial charge in [-0.1, -0.05) is 20.8 Å². The minimum Gasteiger partial charge on any atom is -0.370 e. The van der Waals surface area contributed by atoms with Crippen molar-refractivity contribution < 1.29 is 0 Å². The third kappa shape index (κ3) is 7.42. The van der Waals surface area contributed by atoms with Gasteiger partial charge in [0.2, 0.25) is 0 Å². The molecule has 1 aromatic heterocycles. The zero-order valence-corrected chi connectivity index (χ0v) is 16.0. The van der Waals surface area contributed by atoms with Crippen LogP contribution in [0.5, 0.6) is 0 Å². The topological polar surface area (TPSA) is 63.3 Å². The Morgan fingerprint density at radius 1 is 1.45 bits per heavy atom. The summed E-state index contributed by atoms with van der Waals surface area (Å²) < 4.78 is 0. The number of guanidine groups is 1. The van der Waals surface area contributed by atoms with Crippen LogP contribution >= 0.6 is 35.3 Å².